The topological polar surface area (TPSA) is 55.6 Å². The minimum absolute atomic E-state index is 0.0132. The van der Waals surface area contributed by atoms with Gasteiger partial charge in [0.1, 0.15) is 24.6 Å². The van der Waals surface area contributed by atoms with Gasteiger partial charge in [-0.1, -0.05) is 0 Å². The molecule has 3 aromatic carbocycles. The molecule has 0 bridgehead atoms. The van der Waals surface area contributed by atoms with Crippen molar-refractivity contribution in [2.75, 3.05) is 31.1 Å². The summed E-state index contributed by atoms with van der Waals surface area (Å²) in [6.07, 6.45) is 6.44. The monoisotopic (exact) mass is 562 g/mol. The summed E-state index contributed by atoms with van der Waals surface area (Å²) >= 11 is 0. The second kappa shape index (κ2) is 8.81. The van der Waals surface area contributed by atoms with Crippen LogP contribution in [0.5, 0.6) is 11.5 Å². The number of nitrogens with zero attached hydrogens (tertiary/aromatic N) is 2. The van der Waals surface area contributed by atoms with E-state index < -0.39 is 40.4 Å². The molecule has 0 saturated carbocycles. The summed E-state index contributed by atoms with van der Waals surface area (Å²) in [7, 11) is 0. The highest BCUT2D eigenvalue weighted by atomic mass is 19.2. The van der Waals surface area contributed by atoms with Crippen LogP contribution in [0, 0.1) is 23.3 Å². The standard InChI is InChI=1S/C32H26F4N2O3/c33-24-22(23(32(39)40)25(34)27(36)26(24)35)21-19-13-15-5-1-9-37-11-3-7-17(28(15)37)30(19)41-31-18-8-4-12-38-10-2-6-16(29(18)38)14-20(21)31/h13-14H,1-12H2. The molecule has 0 amide bonds. The van der Waals surface area contributed by atoms with Crippen LogP contribution in [0.25, 0.3) is 5.57 Å². The molecule has 0 atom stereocenters. The third-order valence-electron chi connectivity index (χ3n) is 9.41. The molecule has 9 heteroatoms. The number of benzene rings is 3. The highest BCUT2D eigenvalue weighted by molar-refractivity contribution is 5.99. The SMILES string of the molecule is O=C([O-])c1c(F)c(F)c(F)c(F)c1C1=c2cc3c4c(c2Oc2c1cc1c5c2CCCN5CCC1)CCC[N+]=4CCC3. The third-order valence-corrected chi connectivity index (χ3v) is 9.41. The Labute approximate surface area is 233 Å². The molecule has 3 aromatic rings. The lowest BCUT2D eigenvalue weighted by molar-refractivity contribution is -0.255. The Morgan fingerprint density at radius 2 is 1.49 bits per heavy atom. The van der Waals surface area contributed by atoms with Crippen molar-refractivity contribution in [3.05, 3.63) is 84.9 Å². The van der Waals surface area contributed by atoms with Gasteiger partial charge in [-0.15, -0.1) is 0 Å². The van der Waals surface area contributed by atoms with Crippen LogP contribution in [0.1, 0.15) is 69.4 Å². The van der Waals surface area contributed by atoms with E-state index in [0.717, 1.165) is 98.0 Å². The Kier molecular flexibility index (Phi) is 5.34. The van der Waals surface area contributed by atoms with Gasteiger partial charge in [-0.2, -0.15) is 0 Å². The first-order valence-corrected chi connectivity index (χ1v) is 14.4. The lowest BCUT2D eigenvalue weighted by Crippen LogP contribution is -2.45. The molecular weight excluding hydrogens is 536 g/mol. The predicted octanol–water partition coefficient (Wildman–Crippen LogP) is 3.04. The van der Waals surface area contributed by atoms with Crippen molar-refractivity contribution in [1.82, 2.24) is 4.58 Å². The number of hydrogen-bond donors (Lipinski definition) is 0. The Hall–Kier alpha value is -3.88. The smallest absolute Gasteiger partial charge is 0.210 e. The maximum atomic E-state index is 15.9. The summed E-state index contributed by atoms with van der Waals surface area (Å²) in [5, 5.41) is 13.7. The first-order chi connectivity index (χ1) is 19.8. The van der Waals surface area contributed by atoms with Gasteiger partial charge in [0, 0.05) is 70.2 Å². The maximum Gasteiger partial charge on any atom is 0.210 e. The number of halogens is 4. The molecule has 5 heterocycles. The summed E-state index contributed by atoms with van der Waals surface area (Å²) in [6, 6.07) is 3.69. The minimum Gasteiger partial charge on any atom is -0.545 e. The Balaban J connectivity index is 1.59. The van der Waals surface area contributed by atoms with Crippen LogP contribution in [0.15, 0.2) is 12.1 Å². The Morgan fingerprint density at radius 1 is 0.805 bits per heavy atom. The van der Waals surface area contributed by atoms with E-state index in [1.54, 1.807) is 0 Å². The van der Waals surface area contributed by atoms with Gasteiger partial charge in [-0.25, -0.2) is 22.1 Å². The predicted molar refractivity (Wildman–Crippen MR) is 141 cm³/mol. The van der Waals surface area contributed by atoms with Crippen molar-refractivity contribution in [3.63, 3.8) is 0 Å². The van der Waals surface area contributed by atoms with Crippen molar-refractivity contribution < 1.29 is 32.2 Å². The van der Waals surface area contributed by atoms with E-state index in [1.807, 2.05) is 12.1 Å². The number of carboxylic acids is 1. The number of carbonyl (C=O) groups excluding carboxylic acids is 1. The van der Waals surface area contributed by atoms with Crippen molar-refractivity contribution in [3.8, 4) is 11.5 Å². The first kappa shape index (κ1) is 24.9. The minimum atomic E-state index is -2.18. The number of ether oxygens (including phenoxy) is 1. The molecule has 0 N–H and O–H groups in total. The average molecular weight is 563 g/mol. The zero-order chi connectivity index (χ0) is 28.2. The van der Waals surface area contributed by atoms with E-state index in [4.69, 9.17) is 4.74 Å². The van der Waals surface area contributed by atoms with Crippen LogP contribution in [0.3, 0.4) is 0 Å². The lowest BCUT2D eigenvalue weighted by Gasteiger charge is -2.39. The third kappa shape index (κ3) is 3.35. The summed E-state index contributed by atoms with van der Waals surface area (Å²) in [6.45, 7) is 3.60. The molecule has 41 heavy (non-hydrogen) atoms. The maximum absolute atomic E-state index is 15.9. The molecule has 5 nitrogen and oxygen atoms in total. The van der Waals surface area contributed by atoms with E-state index in [-0.39, 0.29) is 5.57 Å². The van der Waals surface area contributed by atoms with E-state index >= 15 is 8.78 Å². The van der Waals surface area contributed by atoms with E-state index in [9.17, 15) is 18.7 Å². The van der Waals surface area contributed by atoms with E-state index in [2.05, 4.69) is 9.48 Å². The van der Waals surface area contributed by atoms with Gasteiger partial charge in [0.15, 0.2) is 23.3 Å². The molecule has 0 spiro atoms. The fourth-order valence-corrected chi connectivity index (χ4v) is 7.84. The van der Waals surface area contributed by atoms with Gasteiger partial charge in [0.2, 0.25) is 5.36 Å². The highest BCUT2D eigenvalue weighted by Gasteiger charge is 2.38. The zero-order valence-electron chi connectivity index (χ0n) is 22.3. The quantitative estimate of drug-likeness (QED) is 0.163. The van der Waals surface area contributed by atoms with Gasteiger partial charge >= 0.3 is 0 Å². The number of carboxylic acid groups (broad SMARTS) is 1. The Bertz CT molecular complexity index is 1860. The van der Waals surface area contributed by atoms with Crippen LogP contribution < -0.4 is 29.9 Å². The molecule has 210 valence electrons. The van der Waals surface area contributed by atoms with Crippen molar-refractivity contribution in [1.29, 1.82) is 0 Å². The van der Waals surface area contributed by atoms with Crippen molar-refractivity contribution in [2.24, 2.45) is 0 Å². The summed E-state index contributed by atoms with van der Waals surface area (Å²) in [5.74, 6) is -9.17. The number of hydrogen-bond acceptors (Lipinski definition) is 4. The molecule has 0 unspecified atom stereocenters. The molecule has 5 aliphatic rings. The molecule has 0 saturated heterocycles. The van der Waals surface area contributed by atoms with Gasteiger partial charge in [0.25, 0.3) is 0 Å². The highest BCUT2D eigenvalue weighted by Crippen LogP contribution is 2.49. The fourth-order valence-electron chi connectivity index (χ4n) is 7.84. The van der Waals surface area contributed by atoms with Gasteiger partial charge in [-0.3, -0.25) is 0 Å². The molecule has 0 aromatic heterocycles. The van der Waals surface area contributed by atoms with E-state index in [1.165, 1.54) is 0 Å². The summed E-state index contributed by atoms with van der Waals surface area (Å²) < 4.78 is 69.4. The fraction of sp³-hybridized carbons (Fsp3) is 0.375. The molecule has 0 fully saturated rings. The molecule has 0 radical (unpaired) electrons. The average Bonchev–Trinajstić information content (AvgIpc) is 2.98. The normalized spacial score (nSPS) is 18.3. The molecular formula is C32H26F4N2O3. The zero-order valence-corrected chi connectivity index (χ0v) is 22.3. The number of rotatable bonds is 2. The second-order valence-electron chi connectivity index (χ2n) is 11.6. The molecule has 0 aliphatic carbocycles. The second-order valence-corrected chi connectivity index (χ2v) is 11.6. The van der Waals surface area contributed by atoms with Crippen molar-refractivity contribution in [2.45, 2.75) is 51.4 Å². The number of aromatic carboxylic acids is 1. The van der Waals surface area contributed by atoms with Crippen LogP contribution in [0.2, 0.25) is 0 Å². The van der Waals surface area contributed by atoms with Crippen molar-refractivity contribution >= 4 is 17.2 Å². The summed E-state index contributed by atoms with van der Waals surface area (Å²) in [4.78, 5) is 14.6. The number of fused-ring (bicyclic) bond motifs is 4. The Morgan fingerprint density at radius 3 is 2.27 bits per heavy atom. The van der Waals surface area contributed by atoms with Gasteiger partial charge in [0.05, 0.1) is 11.5 Å². The van der Waals surface area contributed by atoms with E-state index in [0.29, 0.717) is 35.1 Å². The van der Waals surface area contributed by atoms with Crippen LogP contribution in [-0.4, -0.2) is 32.1 Å². The molecule has 5 aliphatic heterocycles. The van der Waals surface area contributed by atoms with Gasteiger partial charge < -0.3 is 19.5 Å². The van der Waals surface area contributed by atoms with Crippen LogP contribution >= 0.6 is 0 Å². The molecule has 8 rings (SSSR count). The lowest BCUT2D eigenvalue weighted by atomic mass is 9.81. The number of aryl methyl sites for hydroxylation is 2. The van der Waals surface area contributed by atoms with Gasteiger partial charge in [-0.05, 0) is 56.2 Å². The van der Waals surface area contributed by atoms with Crippen LogP contribution in [0.4, 0.5) is 23.2 Å². The first-order valence-electron chi connectivity index (χ1n) is 14.4. The largest absolute Gasteiger partial charge is 0.545 e. The number of anilines is 1. The number of carbonyl (C=O) groups is 1. The summed E-state index contributed by atoms with van der Waals surface area (Å²) in [5.41, 5.74) is 3.17. The van der Waals surface area contributed by atoms with Crippen LogP contribution in [-0.2, 0) is 25.7 Å².